The van der Waals surface area contributed by atoms with Gasteiger partial charge in [-0.25, -0.2) is 18.6 Å². The van der Waals surface area contributed by atoms with E-state index in [1.54, 1.807) is 44.6 Å². The average molecular weight is 503 g/mol. The lowest BCUT2D eigenvalue weighted by atomic mass is 10.3. The van der Waals surface area contributed by atoms with Gasteiger partial charge in [0.15, 0.2) is 0 Å². The molecular formula is C22H22N4O2S4. The van der Waals surface area contributed by atoms with Crippen LogP contribution in [0.25, 0.3) is 20.4 Å². The van der Waals surface area contributed by atoms with Gasteiger partial charge in [0.25, 0.3) is 0 Å². The van der Waals surface area contributed by atoms with E-state index < -0.39 is 0 Å². The standard InChI is InChI=1S/C22H22N4O2S4/c1-3-7-19-15(5-1)23-21(29-19)17-13-27-11-9-25(17)31-32-26-10-12-28-14-18(26)22-24-16-6-2-4-8-20(16)30-22/h1-8,17-18H,9-14H2. The summed E-state index contributed by atoms with van der Waals surface area (Å²) in [6, 6.07) is 17.0. The fraction of sp³-hybridized carbons (Fsp3) is 0.364. The lowest BCUT2D eigenvalue weighted by Crippen LogP contribution is -2.37. The normalized spacial score (nSPS) is 23.2. The quantitative estimate of drug-likeness (QED) is 0.260. The first-order chi connectivity index (χ1) is 15.8. The van der Waals surface area contributed by atoms with E-state index in [4.69, 9.17) is 19.4 Å². The maximum absolute atomic E-state index is 5.84. The first-order valence-electron chi connectivity index (χ1n) is 10.6. The van der Waals surface area contributed by atoms with Gasteiger partial charge in [0.05, 0.1) is 58.9 Å². The van der Waals surface area contributed by atoms with Gasteiger partial charge in [-0.15, -0.1) is 22.7 Å². The molecule has 6 rings (SSSR count). The topological polar surface area (TPSA) is 50.7 Å². The number of benzene rings is 2. The maximum Gasteiger partial charge on any atom is 0.114 e. The Morgan fingerprint density at radius 3 is 1.66 bits per heavy atom. The summed E-state index contributed by atoms with van der Waals surface area (Å²) < 4.78 is 19.0. The molecule has 4 aromatic rings. The van der Waals surface area contributed by atoms with E-state index in [-0.39, 0.29) is 12.1 Å². The van der Waals surface area contributed by atoms with Gasteiger partial charge in [0, 0.05) is 35.0 Å². The molecule has 166 valence electrons. The fourth-order valence-corrected chi connectivity index (χ4v) is 8.74. The van der Waals surface area contributed by atoms with Crippen molar-refractivity contribution >= 4 is 65.1 Å². The zero-order chi connectivity index (χ0) is 21.3. The number of thiazole rings is 2. The predicted octanol–water partition coefficient (Wildman–Crippen LogP) is 5.56. The van der Waals surface area contributed by atoms with E-state index in [2.05, 4.69) is 45.0 Å². The van der Waals surface area contributed by atoms with Gasteiger partial charge in [-0.1, -0.05) is 24.3 Å². The Balaban J connectivity index is 1.19. The van der Waals surface area contributed by atoms with E-state index in [1.165, 1.54) is 9.40 Å². The second-order valence-electron chi connectivity index (χ2n) is 7.65. The first-order valence-corrected chi connectivity index (χ1v) is 14.3. The van der Waals surface area contributed by atoms with Crippen LogP contribution < -0.4 is 0 Å². The van der Waals surface area contributed by atoms with Crippen molar-refractivity contribution in [1.82, 2.24) is 18.6 Å². The molecule has 0 aliphatic carbocycles. The maximum atomic E-state index is 5.84. The van der Waals surface area contributed by atoms with Crippen molar-refractivity contribution in [3.63, 3.8) is 0 Å². The smallest absolute Gasteiger partial charge is 0.114 e. The molecule has 0 amide bonds. The molecule has 32 heavy (non-hydrogen) atoms. The molecule has 2 atom stereocenters. The Bertz CT molecular complexity index is 1050. The van der Waals surface area contributed by atoms with E-state index in [0.717, 1.165) is 47.4 Å². The van der Waals surface area contributed by atoms with E-state index in [1.807, 2.05) is 12.1 Å². The van der Waals surface area contributed by atoms with Gasteiger partial charge in [-0.3, -0.25) is 0 Å². The van der Waals surface area contributed by atoms with E-state index in [9.17, 15) is 0 Å². The van der Waals surface area contributed by atoms with E-state index in [0.29, 0.717) is 13.2 Å². The molecule has 2 aromatic carbocycles. The van der Waals surface area contributed by atoms with Crippen molar-refractivity contribution in [3.8, 4) is 0 Å². The molecule has 0 N–H and O–H groups in total. The van der Waals surface area contributed by atoms with Crippen LogP contribution in [0, 0.1) is 0 Å². The second-order valence-corrected chi connectivity index (χ2v) is 11.9. The summed E-state index contributed by atoms with van der Waals surface area (Å²) in [5.74, 6) is 0. The van der Waals surface area contributed by atoms with Crippen LogP contribution in [0.1, 0.15) is 22.1 Å². The second kappa shape index (κ2) is 9.55. The van der Waals surface area contributed by atoms with Crippen molar-refractivity contribution < 1.29 is 9.47 Å². The Labute approximate surface area is 202 Å². The lowest BCUT2D eigenvalue weighted by molar-refractivity contribution is 0.0355. The molecule has 2 saturated heterocycles. The Hall–Kier alpha value is -1.24. The van der Waals surface area contributed by atoms with Crippen molar-refractivity contribution in [2.24, 2.45) is 0 Å². The number of morpholine rings is 2. The van der Waals surface area contributed by atoms with Gasteiger partial charge in [-0.2, -0.15) is 0 Å². The summed E-state index contributed by atoms with van der Waals surface area (Å²) >= 11 is 3.54. The van der Waals surface area contributed by atoms with Crippen LogP contribution in [0.15, 0.2) is 48.5 Å². The number of rotatable bonds is 5. The monoisotopic (exact) mass is 502 g/mol. The van der Waals surface area contributed by atoms with Gasteiger partial charge in [-0.05, 0) is 24.3 Å². The van der Waals surface area contributed by atoms with Crippen LogP contribution in [-0.4, -0.2) is 58.1 Å². The number of ether oxygens (including phenoxy) is 2. The molecule has 0 saturated carbocycles. The SMILES string of the molecule is c1ccc2sc(C3COCCN3SSN3CCOCC3c3nc4ccccc4s3)nc2c1. The molecule has 0 radical (unpaired) electrons. The molecule has 6 nitrogen and oxygen atoms in total. The van der Waals surface area contributed by atoms with Crippen molar-refractivity contribution in [1.29, 1.82) is 0 Å². The van der Waals surface area contributed by atoms with Crippen molar-refractivity contribution in [3.05, 3.63) is 58.5 Å². The Morgan fingerprint density at radius 1 is 0.719 bits per heavy atom. The minimum absolute atomic E-state index is 0.167. The average Bonchev–Trinajstić information content (AvgIpc) is 3.47. The van der Waals surface area contributed by atoms with Crippen molar-refractivity contribution in [2.75, 3.05) is 39.5 Å². The number of aromatic nitrogens is 2. The molecule has 10 heteroatoms. The van der Waals surface area contributed by atoms with Gasteiger partial charge >= 0.3 is 0 Å². The largest absolute Gasteiger partial charge is 0.378 e. The molecule has 2 aliphatic heterocycles. The number of fused-ring (bicyclic) bond motifs is 2. The molecule has 0 bridgehead atoms. The van der Waals surface area contributed by atoms with Gasteiger partial charge < -0.3 is 9.47 Å². The van der Waals surface area contributed by atoms with Crippen LogP contribution in [-0.2, 0) is 9.47 Å². The molecule has 2 aliphatic rings. The minimum atomic E-state index is 0.167. The summed E-state index contributed by atoms with van der Waals surface area (Å²) in [6.07, 6.45) is 0. The highest BCUT2D eigenvalue weighted by atomic mass is 33.1. The van der Waals surface area contributed by atoms with Crippen LogP contribution in [0.4, 0.5) is 0 Å². The summed E-state index contributed by atoms with van der Waals surface area (Å²) in [7, 11) is 3.61. The zero-order valence-electron chi connectivity index (χ0n) is 17.3. The van der Waals surface area contributed by atoms with Crippen LogP contribution >= 0.6 is 44.6 Å². The van der Waals surface area contributed by atoms with E-state index >= 15 is 0 Å². The molecular weight excluding hydrogens is 481 g/mol. The zero-order valence-corrected chi connectivity index (χ0v) is 20.5. The summed E-state index contributed by atoms with van der Waals surface area (Å²) in [4.78, 5) is 9.80. The molecule has 0 spiro atoms. The highest BCUT2D eigenvalue weighted by Crippen LogP contribution is 2.44. The highest BCUT2D eigenvalue weighted by molar-refractivity contribution is 8.74. The van der Waals surface area contributed by atoms with Crippen molar-refractivity contribution in [2.45, 2.75) is 12.1 Å². The van der Waals surface area contributed by atoms with Gasteiger partial charge in [0.2, 0.25) is 0 Å². The molecule has 2 unspecified atom stereocenters. The Kier molecular flexibility index (Phi) is 6.36. The number of hydrogen-bond donors (Lipinski definition) is 0. The number of hydrogen-bond acceptors (Lipinski definition) is 10. The number of nitrogens with zero attached hydrogens (tertiary/aromatic N) is 4. The third-order valence-electron chi connectivity index (χ3n) is 5.57. The lowest BCUT2D eigenvalue weighted by Gasteiger charge is -2.36. The summed E-state index contributed by atoms with van der Waals surface area (Å²) in [6.45, 7) is 4.62. The number of para-hydroxylation sites is 2. The van der Waals surface area contributed by atoms with Crippen LogP contribution in [0.3, 0.4) is 0 Å². The highest BCUT2D eigenvalue weighted by Gasteiger charge is 2.32. The summed E-state index contributed by atoms with van der Waals surface area (Å²) in [5.41, 5.74) is 2.14. The molecule has 4 heterocycles. The third-order valence-corrected chi connectivity index (χ3v) is 10.5. The van der Waals surface area contributed by atoms with Crippen LogP contribution in [0.5, 0.6) is 0 Å². The Morgan fingerprint density at radius 2 is 1.19 bits per heavy atom. The summed E-state index contributed by atoms with van der Waals surface area (Å²) in [5, 5.41) is 2.26. The minimum Gasteiger partial charge on any atom is -0.378 e. The fourth-order valence-electron chi connectivity index (χ4n) is 3.90. The predicted molar refractivity (Wildman–Crippen MR) is 135 cm³/mol. The molecule has 2 aromatic heterocycles. The van der Waals surface area contributed by atoms with Crippen LogP contribution in [0.2, 0.25) is 0 Å². The molecule has 2 fully saturated rings. The third kappa shape index (κ3) is 4.30. The first kappa shape index (κ1) is 21.3. The van der Waals surface area contributed by atoms with Gasteiger partial charge in [0.1, 0.15) is 10.0 Å².